The molecule has 0 spiro atoms. The van der Waals surface area contributed by atoms with Gasteiger partial charge in [-0.15, -0.1) is 0 Å². The zero-order valence-electron chi connectivity index (χ0n) is 10.5. The predicted octanol–water partition coefficient (Wildman–Crippen LogP) is 0.761. The lowest BCUT2D eigenvalue weighted by molar-refractivity contribution is 0.395. The Morgan fingerprint density at radius 3 is 2.79 bits per heavy atom. The van der Waals surface area contributed by atoms with E-state index in [2.05, 4.69) is 20.9 Å². The molecule has 0 saturated heterocycles. The summed E-state index contributed by atoms with van der Waals surface area (Å²) in [6.45, 7) is 0.0994. The number of rotatable bonds is 3. The van der Waals surface area contributed by atoms with E-state index in [1.165, 1.54) is 17.9 Å². The molecule has 0 N–H and O–H groups in total. The lowest BCUT2D eigenvalue weighted by atomic mass is 10.3. The largest absolute Gasteiger partial charge is 0.481 e. The standard InChI is InChI=1S/C12H12BrN3O3/c1-15-7-9(13)11(17)16(12(15)18)6-8-4-3-5-10(14-8)19-2/h3-5,7H,6H2,1-2H3. The topological polar surface area (TPSA) is 66.1 Å². The van der Waals surface area contributed by atoms with Crippen LogP contribution in [0.25, 0.3) is 0 Å². The highest BCUT2D eigenvalue weighted by Crippen LogP contribution is 2.07. The summed E-state index contributed by atoms with van der Waals surface area (Å²) < 4.78 is 7.80. The minimum Gasteiger partial charge on any atom is -0.481 e. The Kier molecular flexibility index (Phi) is 3.84. The summed E-state index contributed by atoms with van der Waals surface area (Å²) in [5.74, 6) is 0.442. The minimum absolute atomic E-state index is 0.0994. The van der Waals surface area contributed by atoms with Gasteiger partial charge in [-0.3, -0.25) is 9.36 Å². The first-order chi connectivity index (χ1) is 9.02. The molecule has 19 heavy (non-hydrogen) atoms. The highest BCUT2D eigenvalue weighted by molar-refractivity contribution is 9.10. The number of ether oxygens (including phenoxy) is 1. The van der Waals surface area contributed by atoms with Gasteiger partial charge >= 0.3 is 5.69 Å². The van der Waals surface area contributed by atoms with E-state index in [0.29, 0.717) is 16.0 Å². The monoisotopic (exact) mass is 325 g/mol. The van der Waals surface area contributed by atoms with Crippen molar-refractivity contribution < 1.29 is 4.74 Å². The summed E-state index contributed by atoms with van der Waals surface area (Å²) in [6, 6.07) is 5.19. The van der Waals surface area contributed by atoms with Gasteiger partial charge in [0.2, 0.25) is 5.88 Å². The summed E-state index contributed by atoms with van der Waals surface area (Å²) in [4.78, 5) is 28.1. The van der Waals surface area contributed by atoms with Crippen molar-refractivity contribution in [3.8, 4) is 5.88 Å². The Balaban J connectivity index is 2.49. The van der Waals surface area contributed by atoms with Crippen molar-refractivity contribution >= 4 is 15.9 Å². The zero-order valence-corrected chi connectivity index (χ0v) is 12.0. The van der Waals surface area contributed by atoms with Crippen molar-refractivity contribution in [3.63, 3.8) is 0 Å². The first-order valence-electron chi connectivity index (χ1n) is 5.49. The first-order valence-corrected chi connectivity index (χ1v) is 6.28. The molecule has 0 fully saturated rings. The lowest BCUT2D eigenvalue weighted by Crippen LogP contribution is -2.39. The van der Waals surface area contributed by atoms with Crippen molar-refractivity contribution in [2.75, 3.05) is 7.11 Å². The van der Waals surface area contributed by atoms with Gasteiger partial charge in [-0.25, -0.2) is 9.78 Å². The van der Waals surface area contributed by atoms with Gasteiger partial charge in [-0.2, -0.15) is 0 Å². The van der Waals surface area contributed by atoms with E-state index in [1.807, 2.05) is 0 Å². The van der Waals surface area contributed by atoms with Crippen LogP contribution < -0.4 is 16.0 Å². The number of aryl methyl sites for hydroxylation is 1. The second-order valence-corrected chi connectivity index (χ2v) is 4.79. The predicted molar refractivity (Wildman–Crippen MR) is 73.5 cm³/mol. The van der Waals surface area contributed by atoms with Crippen LogP contribution in [0.15, 0.2) is 38.5 Å². The van der Waals surface area contributed by atoms with E-state index in [4.69, 9.17) is 4.74 Å². The lowest BCUT2D eigenvalue weighted by Gasteiger charge is -2.08. The fraction of sp³-hybridized carbons (Fsp3) is 0.250. The SMILES string of the molecule is COc1cccc(Cn2c(=O)c(Br)cn(C)c2=O)n1. The molecule has 2 rings (SSSR count). The third-order valence-corrected chi connectivity index (χ3v) is 3.14. The van der Waals surface area contributed by atoms with E-state index in [-0.39, 0.29) is 12.1 Å². The third kappa shape index (κ3) is 2.76. The van der Waals surface area contributed by atoms with Gasteiger partial charge in [0.15, 0.2) is 0 Å². The van der Waals surface area contributed by atoms with Gasteiger partial charge in [0.25, 0.3) is 5.56 Å². The van der Waals surface area contributed by atoms with Gasteiger partial charge in [0, 0.05) is 19.3 Å². The van der Waals surface area contributed by atoms with Crippen LogP contribution >= 0.6 is 15.9 Å². The molecule has 0 aromatic carbocycles. The molecule has 2 aromatic heterocycles. The fourth-order valence-corrected chi connectivity index (χ4v) is 2.17. The van der Waals surface area contributed by atoms with Gasteiger partial charge in [0.1, 0.15) is 0 Å². The van der Waals surface area contributed by atoms with Crippen LogP contribution in [0.1, 0.15) is 5.69 Å². The van der Waals surface area contributed by atoms with Crippen molar-refractivity contribution in [3.05, 3.63) is 55.4 Å². The summed E-state index contributed by atoms with van der Waals surface area (Å²) in [5, 5.41) is 0. The number of aromatic nitrogens is 3. The van der Waals surface area contributed by atoms with Gasteiger partial charge in [0.05, 0.1) is 23.8 Å². The number of hydrogen-bond donors (Lipinski definition) is 0. The van der Waals surface area contributed by atoms with E-state index >= 15 is 0 Å². The maximum Gasteiger partial charge on any atom is 0.331 e. The molecule has 0 unspecified atom stereocenters. The number of nitrogens with zero attached hydrogens (tertiary/aromatic N) is 3. The number of methoxy groups -OCH3 is 1. The minimum atomic E-state index is -0.391. The Bertz CT molecular complexity index is 687. The Hall–Kier alpha value is -1.89. The average Bonchev–Trinajstić information content (AvgIpc) is 2.41. The van der Waals surface area contributed by atoms with Crippen LogP contribution in [-0.4, -0.2) is 21.2 Å². The molecule has 2 aromatic rings. The molecule has 0 radical (unpaired) electrons. The van der Waals surface area contributed by atoms with Crippen LogP contribution in [-0.2, 0) is 13.6 Å². The smallest absolute Gasteiger partial charge is 0.331 e. The van der Waals surface area contributed by atoms with Crippen molar-refractivity contribution in [2.45, 2.75) is 6.54 Å². The quantitative estimate of drug-likeness (QED) is 0.835. The van der Waals surface area contributed by atoms with Gasteiger partial charge in [-0.05, 0) is 22.0 Å². The molecule has 0 saturated carbocycles. The van der Waals surface area contributed by atoms with Crippen molar-refractivity contribution in [2.24, 2.45) is 7.05 Å². The Morgan fingerprint density at radius 1 is 1.37 bits per heavy atom. The maximum atomic E-state index is 11.9. The molecule has 7 heteroatoms. The molecule has 2 heterocycles. The molecule has 0 bridgehead atoms. The van der Waals surface area contributed by atoms with Crippen LogP contribution in [0.3, 0.4) is 0 Å². The van der Waals surface area contributed by atoms with E-state index in [1.54, 1.807) is 25.2 Å². The van der Waals surface area contributed by atoms with Crippen LogP contribution in [0, 0.1) is 0 Å². The maximum absolute atomic E-state index is 11.9. The Morgan fingerprint density at radius 2 is 2.11 bits per heavy atom. The zero-order chi connectivity index (χ0) is 14.0. The molecule has 0 aliphatic carbocycles. The second-order valence-electron chi connectivity index (χ2n) is 3.93. The molecule has 0 amide bonds. The van der Waals surface area contributed by atoms with Crippen molar-refractivity contribution in [1.82, 2.24) is 14.1 Å². The number of hydrogen-bond acceptors (Lipinski definition) is 4. The van der Waals surface area contributed by atoms with E-state index < -0.39 is 5.69 Å². The molecule has 6 nitrogen and oxygen atoms in total. The highest BCUT2D eigenvalue weighted by atomic mass is 79.9. The van der Waals surface area contributed by atoms with Crippen molar-refractivity contribution in [1.29, 1.82) is 0 Å². The molecule has 0 aliphatic heterocycles. The first kappa shape index (κ1) is 13.5. The molecule has 0 atom stereocenters. The third-order valence-electron chi connectivity index (χ3n) is 2.60. The molecule has 100 valence electrons. The summed E-state index contributed by atoms with van der Waals surface area (Å²) in [6.07, 6.45) is 1.44. The van der Waals surface area contributed by atoms with Crippen LogP contribution in [0.4, 0.5) is 0 Å². The van der Waals surface area contributed by atoms with Crippen LogP contribution in [0.2, 0.25) is 0 Å². The Labute approximate surface area is 117 Å². The fourth-order valence-electron chi connectivity index (χ4n) is 1.65. The summed E-state index contributed by atoms with van der Waals surface area (Å²) >= 11 is 3.13. The summed E-state index contributed by atoms with van der Waals surface area (Å²) in [5.41, 5.74) is -0.192. The molecule has 0 aliphatic rings. The summed E-state index contributed by atoms with van der Waals surface area (Å²) in [7, 11) is 3.10. The van der Waals surface area contributed by atoms with Crippen LogP contribution in [0.5, 0.6) is 5.88 Å². The van der Waals surface area contributed by atoms with E-state index in [9.17, 15) is 9.59 Å². The number of halogens is 1. The normalized spacial score (nSPS) is 10.5. The average molecular weight is 326 g/mol. The van der Waals surface area contributed by atoms with E-state index in [0.717, 1.165) is 4.57 Å². The molecular weight excluding hydrogens is 314 g/mol. The van der Waals surface area contributed by atoms with Gasteiger partial charge < -0.3 is 9.30 Å². The molecular formula is C12H12BrN3O3. The highest BCUT2D eigenvalue weighted by Gasteiger charge is 2.09. The number of pyridine rings is 1. The second kappa shape index (κ2) is 5.40. The van der Waals surface area contributed by atoms with Gasteiger partial charge in [-0.1, -0.05) is 6.07 Å².